The molecule has 2 unspecified atom stereocenters. The first-order valence-electron chi connectivity index (χ1n) is 9.15. The molecule has 0 aliphatic carbocycles. The fourth-order valence-corrected chi connectivity index (χ4v) is 10.8. The first-order valence-corrected chi connectivity index (χ1v) is 17.7. The summed E-state index contributed by atoms with van der Waals surface area (Å²) in [7, 11) is -3.64. The van der Waals surface area contributed by atoms with E-state index in [0.29, 0.717) is 12.0 Å². The van der Waals surface area contributed by atoms with Crippen LogP contribution in [0.15, 0.2) is 12.2 Å². The van der Waals surface area contributed by atoms with Crippen LogP contribution in [0.5, 0.6) is 0 Å². The molecule has 0 aromatic rings. The third kappa shape index (κ3) is 12.2. The lowest BCUT2D eigenvalue weighted by Gasteiger charge is -2.31. The number of aliphatic hydroxyl groups is 1. The standard InChI is InChI=1S/C17H38O6Si3/c1-14(2)17(19)21-15(16(13-18)20-3)11-10-12-24(22-25(4,5)6)23-26(7,8)9/h15-16,18,24H,1,10-13H2,2-9H3. The maximum atomic E-state index is 11.9. The van der Waals surface area contributed by atoms with Crippen LogP contribution in [-0.4, -0.2) is 62.9 Å². The fraction of sp³-hybridized carbons (Fsp3) is 0.824. The van der Waals surface area contributed by atoms with Crippen LogP contribution in [0.2, 0.25) is 45.3 Å². The van der Waals surface area contributed by atoms with Crippen LogP contribution in [0.4, 0.5) is 0 Å². The summed E-state index contributed by atoms with van der Waals surface area (Å²) < 4.78 is 23.4. The summed E-state index contributed by atoms with van der Waals surface area (Å²) in [5.41, 5.74) is 0.333. The van der Waals surface area contributed by atoms with Crippen molar-refractivity contribution in [2.24, 2.45) is 0 Å². The van der Waals surface area contributed by atoms with Crippen LogP contribution in [0.1, 0.15) is 19.8 Å². The fourth-order valence-electron chi connectivity index (χ4n) is 2.32. The molecule has 0 aliphatic rings. The smallest absolute Gasteiger partial charge is 0.333 e. The maximum Gasteiger partial charge on any atom is 0.333 e. The van der Waals surface area contributed by atoms with E-state index in [1.165, 1.54) is 7.11 Å². The molecule has 0 saturated carbocycles. The molecule has 154 valence electrons. The molecule has 0 amide bonds. The van der Waals surface area contributed by atoms with E-state index in [-0.39, 0.29) is 6.61 Å². The highest BCUT2D eigenvalue weighted by atomic mass is 28.4. The number of hydrogen-bond acceptors (Lipinski definition) is 6. The molecule has 0 aliphatic heterocycles. The van der Waals surface area contributed by atoms with Gasteiger partial charge in [0.25, 0.3) is 0 Å². The van der Waals surface area contributed by atoms with E-state index in [1.807, 2.05) is 0 Å². The zero-order chi connectivity index (χ0) is 20.5. The van der Waals surface area contributed by atoms with Crippen molar-refractivity contribution >= 4 is 31.9 Å². The number of methoxy groups -OCH3 is 1. The topological polar surface area (TPSA) is 74.2 Å². The van der Waals surface area contributed by atoms with E-state index in [1.54, 1.807) is 6.92 Å². The van der Waals surface area contributed by atoms with Gasteiger partial charge in [0, 0.05) is 12.7 Å². The summed E-state index contributed by atoms with van der Waals surface area (Å²) >= 11 is 0. The third-order valence-electron chi connectivity index (χ3n) is 3.40. The third-order valence-corrected chi connectivity index (χ3v) is 12.0. The first kappa shape index (κ1) is 25.7. The van der Waals surface area contributed by atoms with Crippen molar-refractivity contribution in [3.8, 4) is 0 Å². The molecule has 0 saturated heterocycles. The molecule has 9 heteroatoms. The maximum absolute atomic E-state index is 11.9. The Morgan fingerprint density at radius 3 is 1.92 bits per heavy atom. The normalized spacial score (nSPS) is 15.0. The number of ether oxygens (including phenoxy) is 2. The summed E-state index contributed by atoms with van der Waals surface area (Å²) in [5, 5.41) is 9.49. The number of carbonyl (C=O) groups excluding carboxylic acids is 1. The molecule has 1 N–H and O–H groups in total. The van der Waals surface area contributed by atoms with Crippen molar-refractivity contribution in [1.82, 2.24) is 0 Å². The molecular formula is C17H38O6Si3. The zero-order valence-corrected chi connectivity index (χ0v) is 20.9. The van der Waals surface area contributed by atoms with Gasteiger partial charge in [0.1, 0.15) is 12.2 Å². The lowest BCUT2D eigenvalue weighted by Crippen LogP contribution is -2.43. The van der Waals surface area contributed by atoms with E-state index in [9.17, 15) is 9.90 Å². The Kier molecular flexibility index (Phi) is 11.4. The van der Waals surface area contributed by atoms with Crippen LogP contribution in [-0.2, 0) is 22.5 Å². The second-order valence-electron chi connectivity index (χ2n) is 8.50. The van der Waals surface area contributed by atoms with Crippen molar-refractivity contribution in [2.75, 3.05) is 13.7 Å². The van der Waals surface area contributed by atoms with E-state index < -0.39 is 44.1 Å². The minimum atomic E-state index is -1.79. The Bertz CT molecular complexity index is 425. The summed E-state index contributed by atoms with van der Waals surface area (Å²) in [6, 6.07) is 0.845. The zero-order valence-electron chi connectivity index (χ0n) is 17.8. The Morgan fingerprint density at radius 2 is 1.58 bits per heavy atom. The number of hydrogen-bond donors (Lipinski definition) is 1. The molecule has 2 atom stereocenters. The average molecular weight is 423 g/mol. The van der Waals surface area contributed by atoms with Gasteiger partial charge < -0.3 is 22.8 Å². The highest BCUT2D eigenvalue weighted by Crippen LogP contribution is 2.19. The lowest BCUT2D eigenvalue weighted by molar-refractivity contribution is -0.154. The van der Waals surface area contributed by atoms with E-state index in [2.05, 4.69) is 45.9 Å². The number of carbonyl (C=O) groups is 1. The summed E-state index contributed by atoms with van der Waals surface area (Å²) in [6.07, 6.45) is 0.322. The summed E-state index contributed by atoms with van der Waals surface area (Å²) in [6.45, 7) is 18.0. The molecule has 0 heterocycles. The quantitative estimate of drug-likeness (QED) is 0.279. The van der Waals surface area contributed by atoms with Crippen LogP contribution < -0.4 is 0 Å². The highest BCUT2D eigenvalue weighted by molar-refractivity contribution is 6.81. The van der Waals surface area contributed by atoms with E-state index >= 15 is 0 Å². The average Bonchev–Trinajstić information content (AvgIpc) is 2.44. The monoisotopic (exact) mass is 422 g/mol. The van der Waals surface area contributed by atoms with Gasteiger partial charge in [-0.2, -0.15) is 0 Å². The van der Waals surface area contributed by atoms with Crippen molar-refractivity contribution in [3.63, 3.8) is 0 Å². The summed E-state index contributed by atoms with van der Waals surface area (Å²) in [4.78, 5) is 11.9. The van der Waals surface area contributed by atoms with Gasteiger partial charge in [-0.15, -0.1) is 0 Å². The van der Waals surface area contributed by atoms with Gasteiger partial charge >= 0.3 is 15.3 Å². The van der Waals surface area contributed by atoms with Gasteiger partial charge in [-0.3, -0.25) is 0 Å². The van der Waals surface area contributed by atoms with Crippen molar-refractivity contribution in [1.29, 1.82) is 0 Å². The van der Waals surface area contributed by atoms with Crippen molar-refractivity contribution < 1.29 is 27.6 Å². The molecule has 0 radical (unpaired) electrons. The van der Waals surface area contributed by atoms with Gasteiger partial charge in [-0.1, -0.05) is 6.58 Å². The molecule has 6 nitrogen and oxygen atoms in total. The van der Waals surface area contributed by atoms with Crippen LogP contribution >= 0.6 is 0 Å². The highest BCUT2D eigenvalue weighted by Gasteiger charge is 2.30. The lowest BCUT2D eigenvalue weighted by atomic mass is 10.1. The van der Waals surface area contributed by atoms with E-state index in [4.69, 9.17) is 17.7 Å². The Hall–Kier alpha value is -0.299. The first-order chi connectivity index (χ1) is 11.8. The number of esters is 1. The largest absolute Gasteiger partial charge is 0.456 e. The molecule has 0 rings (SSSR count). The Labute approximate surface area is 163 Å². The van der Waals surface area contributed by atoms with Gasteiger partial charge in [-0.25, -0.2) is 4.79 Å². The molecule has 0 fully saturated rings. The van der Waals surface area contributed by atoms with Crippen molar-refractivity contribution in [3.05, 3.63) is 12.2 Å². The van der Waals surface area contributed by atoms with Crippen LogP contribution in [0, 0.1) is 0 Å². The van der Waals surface area contributed by atoms with Gasteiger partial charge in [0.05, 0.1) is 6.61 Å². The molecule has 0 aromatic carbocycles. The molecule has 0 bridgehead atoms. The molecule has 0 spiro atoms. The van der Waals surface area contributed by atoms with Crippen LogP contribution in [0.25, 0.3) is 0 Å². The molecular weight excluding hydrogens is 384 g/mol. The van der Waals surface area contributed by atoms with Gasteiger partial charge in [-0.05, 0) is 65.1 Å². The second kappa shape index (κ2) is 11.5. The minimum absolute atomic E-state index is 0.206. The van der Waals surface area contributed by atoms with Gasteiger partial charge in [0.2, 0.25) is 0 Å². The number of aliphatic hydroxyl groups excluding tert-OH is 1. The SMILES string of the molecule is C=C(C)C(=O)OC(CCC[SiH](O[Si](C)(C)C)O[Si](C)(C)C)C(CO)OC. The van der Waals surface area contributed by atoms with Crippen molar-refractivity contribution in [2.45, 2.75) is 77.3 Å². The Balaban J connectivity index is 4.88. The van der Waals surface area contributed by atoms with Crippen LogP contribution in [0.3, 0.4) is 0 Å². The molecule has 0 aromatic heterocycles. The predicted octanol–water partition coefficient (Wildman–Crippen LogP) is 3.19. The number of rotatable bonds is 13. The van der Waals surface area contributed by atoms with Gasteiger partial charge in [0.15, 0.2) is 16.6 Å². The minimum Gasteiger partial charge on any atom is -0.456 e. The second-order valence-corrected chi connectivity index (χ2v) is 20.3. The van der Waals surface area contributed by atoms with E-state index in [0.717, 1.165) is 12.5 Å². The predicted molar refractivity (Wildman–Crippen MR) is 113 cm³/mol. The Morgan fingerprint density at radius 1 is 1.08 bits per heavy atom. The molecule has 26 heavy (non-hydrogen) atoms. The summed E-state index contributed by atoms with van der Waals surface area (Å²) in [5.74, 6) is -0.462.